The maximum atomic E-state index is 11.5. The second-order valence-electron chi connectivity index (χ2n) is 7.05. The smallest absolute Gasteiger partial charge is 0.872 e. The molecule has 0 aliphatic rings. The van der Waals surface area contributed by atoms with Crippen molar-refractivity contribution >= 4 is 10.1 Å². The van der Waals surface area contributed by atoms with Crippen molar-refractivity contribution in [3.05, 3.63) is 48.0 Å². The number of unbranched alkanes of at least 4 members (excludes halogenated alkanes) is 7. The zero-order valence-corrected chi connectivity index (χ0v) is 21.3. The third kappa shape index (κ3) is 9.96. The fourth-order valence-corrected chi connectivity index (χ4v) is 3.61. The molecule has 0 amide bonds. The number of hydrogen-bond donors (Lipinski definition) is 1. The van der Waals surface area contributed by atoms with Crippen molar-refractivity contribution in [3.63, 3.8) is 0 Å². The van der Waals surface area contributed by atoms with Gasteiger partial charge in [-0.1, -0.05) is 70.1 Å². The molecule has 2 rings (SSSR count). The Hall–Kier alpha value is -0.414. The molecule has 0 heterocycles. The van der Waals surface area contributed by atoms with E-state index >= 15 is 0 Å². The van der Waals surface area contributed by atoms with Crippen LogP contribution in [0.4, 0.5) is 0 Å². The number of benzene rings is 2. The van der Waals surface area contributed by atoms with Gasteiger partial charge in [-0.3, -0.25) is 4.55 Å². The summed E-state index contributed by atoms with van der Waals surface area (Å²) in [6.45, 7) is 2.21. The second-order valence-corrected chi connectivity index (χ2v) is 8.47. The SMILES string of the molecule is CCCCCCCCCCc1ccc(S(=O)(=O)O)cc1Oc1cccc([O-])c1.[K+]. The van der Waals surface area contributed by atoms with E-state index in [0.717, 1.165) is 24.8 Å². The first-order valence-electron chi connectivity index (χ1n) is 9.95. The summed E-state index contributed by atoms with van der Waals surface area (Å²) in [6.07, 6.45) is 10.3. The van der Waals surface area contributed by atoms with Crippen LogP contribution in [0.15, 0.2) is 47.4 Å². The molecule has 7 heteroatoms. The van der Waals surface area contributed by atoms with Gasteiger partial charge in [-0.25, -0.2) is 0 Å². The minimum atomic E-state index is -4.32. The topological polar surface area (TPSA) is 86.7 Å². The average Bonchev–Trinajstić information content (AvgIpc) is 2.64. The minimum absolute atomic E-state index is 0. The van der Waals surface area contributed by atoms with Crippen LogP contribution in [-0.2, 0) is 16.5 Å². The van der Waals surface area contributed by atoms with Crippen LogP contribution in [0.5, 0.6) is 17.2 Å². The fraction of sp³-hybridized carbons (Fsp3) is 0.455. The van der Waals surface area contributed by atoms with Gasteiger partial charge >= 0.3 is 51.4 Å². The third-order valence-corrected chi connectivity index (χ3v) is 5.52. The van der Waals surface area contributed by atoms with Crippen molar-refractivity contribution in [2.45, 2.75) is 69.6 Å². The van der Waals surface area contributed by atoms with E-state index in [1.807, 2.05) is 0 Å². The monoisotopic (exact) mass is 444 g/mol. The molecule has 29 heavy (non-hydrogen) atoms. The molecule has 2 aromatic carbocycles. The molecule has 1 N–H and O–H groups in total. The third-order valence-electron chi connectivity index (χ3n) is 4.67. The molecule has 0 aromatic heterocycles. The summed E-state index contributed by atoms with van der Waals surface area (Å²) in [7, 11) is -4.32. The van der Waals surface area contributed by atoms with Gasteiger partial charge in [-0.2, -0.15) is 8.42 Å². The standard InChI is InChI=1S/C22H30O5S.K/c1-2-3-4-5-6-7-8-9-11-18-14-15-21(28(24,25)26)17-22(18)27-20-13-10-12-19(23)16-20;/h10,12-17,23H,2-9,11H2,1H3,(H,24,25,26);/q;+1/p-1. The summed E-state index contributed by atoms with van der Waals surface area (Å²) in [5.41, 5.74) is 0.856. The van der Waals surface area contributed by atoms with Crippen LogP contribution in [0.1, 0.15) is 63.9 Å². The maximum absolute atomic E-state index is 11.5. The van der Waals surface area contributed by atoms with Crippen LogP contribution < -0.4 is 61.2 Å². The predicted molar refractivity (Wildman–Crippen MR) is 109 cm³/mol. The minimum Gasteiger partial charge on any atom is -0.872 e. The van der Waals surface area contributed by atoms with Crippen molar-refractivity contribution in [2.24, 2.45) is 0 Å². The molecule has 0 atom stereocenters. The molecule has 0 radical (unpaired) electrons. The van der Waals surface area contributed by atoms with E-state index in [1.165, 1.54) is 62.8 Å². The zero-order valence-electron chi connectivity index (χ0n) is 17.4. The van der Waals surface area contributed by atoms with Gasteiger partial charge in [0.1, 0.15) is 11.5 Å². The van der Waals surface area contributed by atoms with E-state index in [4.69, 9.17) is 4.74 Å². The number of aryl methyl sites for hydroxylation is 1. The Labute approximate surface area is 217 Å². The molecule has 0 spiro atoms. The van der Waals surface area contributed by atoms with Gasteiger partial charge in [0.25, 0.3) is 10.1 Å². The van der Waals surface area contributed by atoms with E-state index in [1.54, 1.807) is 18.2 Å². The van der Waals surface area contributed by atoms with Gasteiger partial charge in [0.15, 0.2) is 0 Å². The van der Waals surface area contributed by atoms with Gasteiger partial charge in [-0.05, 0) is 36.6 Å². The first-order valence-corrected chi connectivity index (χ1v) is 11.4. The molecular formula is C22H29KO5S. The average molecular weight is 445 g/mol. The van der Waals surface area contributed by atoms with E-state index in [9.17, 15) is 18.1 Å². The van der Waals surface area contributed by atoms with Crippen LogP contribution >= 0.6 is 0 Å². The van der Waals surface area contributed by atoms with Gasteiger partial charge < -0.3 is 9.84 Å². The number of ether oxygens (including phenoxy) is 1. The summed E-state index contributed by atoms with van der Waals surface area (Å²) in [4.78, 5) is -0.222. The Morgan fingerprint density at radius 3 is 2.21 bits per heavy atom. The quantitative estimate of drug-likeness (QED) is 0.309. The Morgan fingerprint density at radius 1 is 0.931 bits per heavy atom. The number of hydrogen-bond acceptors (Lipinski definition) is 4. The predicted octanol–water partition coefficient (Wildman–Crippen LogP) is 2.49. The first-order chi connectivity index (χ1) is 13.4. The molecule has 0 aliphatic carbocycles. The van der Waals surface area contributed by atoms with E-state index in [0.29, 0.717) is 11.5 Å². The van der Waals surface area contributed by atoms with Crippen LogP contribution in [0.2, 0.25) is 0 Å². The van der Waals surface area contributed by atoms with Crippen molar-refractivity contribution in [3.8, 4) is 17.2 Å². The van der Waals surface area contributed by atoms with Gasteiger partial charge in [-0.15, -0.1) is 5.75 Å². The first kappa shape index (κ1) is 26.6. The van der Waals surface area contributed by atoms with E-state index < -0.39 is 10.1 Å². The number of rotatable bonds is 12. The largest absolute Gasteiger partial charge is 1.00 e. The van der Waals surface area contributed by atoms with E-state index in [-0.39, 0.29) is 62.0 Å². The molecule has 0 saturated heterocycles. The molecule has 0 unspecified atom stereocenters. The van der Waals surface area contributed by atoms with E-state index in [2.05, 4.69) is 6.92 Å². The van der Waals surface area contributed by atoms with Crippen LogP contribution in [0, 0.1) is 0 Å². The summed E-state index contributed by atoms with van der Waals surface area (Å²) >= 11 is 0. The summed E-state index contributed by atoms with van der Waals surface area (Å²) in [6, 6.07) is 10.4. The Balaban J connectivity index is 0.00000420. The van der Waals surface area contributed by atoms with Crippen molar-refractivity contribution in [1.29, 1.82) is 0 Å². The second kappa shape index (κ2) is 13.8. The maximum Gasteiger partial charge on any atom is 1.00 e. The van der Waals surface area contributed by atoms with Crippen molar-refractivity contribution < 1.29 is 74.2 Å². The Bertz CT molecular complexity index is 852. The fourth-order valence-electron chi connectivity index (χ4n) is 3.11. The van der Waals surface area contributed by atoms with Gasteiger partial charge in [0.05, 0.1) is 4.90 Å². The Morgan fingerprint density at radius 2 is 1.59 bits per heavy atom. The molecular weight excluding hydrogens is 415 g/mol. The summed E-state index contributed by atoms with van der Waals surface area (Å²) in [5.74, 6) is 0.508. The molecule has 0 bridgehead atoms. The van der Waals surface area contributed by atoms with Crippen LogP contribution in [-0.4, -0.2) is 13.0 Å². The van der Waals surface area contributed by atoms with Crippen molar-refractivity contribution in [1.82, 2.24) is 0 Å². The summed E-state index contributed by atoms with van der Waals surface area (Å²) in [5, 5.41) is 11.5. The van der Waals surface area contributed by atoms with Crippen LogP contribution in [0.25, 0.3) is 0 Å². The molecule has 2 aromatic rings. The molecule has 0 fully saturated rings. The Kier molecular flexibility index (Phi) is 12.7. The molecule has 5 nitrogen and oxygen atoms in total. The van der Waals surface area contributed by atoms with Gasteiger partial charge in [0, 0.05) is 6.07 Å². The van der Waals surface area contributed by atoms with Gasteiger partial charge in [0.2, 0.25) is 0 Å². The summed E-state index contributed by atoms with van der Waals surface area (Å²) < 4.78 is 38.0. The van der Waals surface area contributed by atoms with Crippen LogP contribution in [0.3, 0.4) is 0 Å². The molecule has 0 aliphatic heterocycles. The normalized spacial score (nSPS) is 11.1. The zero-order chi connectivity index (χ0) is 20.4. The van der Waals surface area contributed by atoms with Crippen molar-refractivity contribution in [2.75, 3.05) is 0 Å². The molecule has 154 valence electrons. The molecule has 0 saturated carbocycles.